The van der Waals surface area contributed by atoms with E-state index in [4.69, 9.17) is 16.3 Å². The van der Waals surface area contributed by atoms with Crippen LogP contribution in [0.5, 0.6) is 5.75 Å². The van der Waals surface area contributed by atoms with Crippen LogP contribution in [0.25, 0.3) is 11.1 Å². The largest absolute Gasteiger partial charge is 0.489 e. The van der Waals surface area contributed by atoms with Crippen molar-refractivity contribution in [2.45, 2.75) is 0 Å². The van der Waals surface area contributed by atoms with Gasteiger partial charge in [0.05, 0.1) is 0 Å². The Balaban J connectivity index is 2.18. The molecule has 0 aliphatic heterocycles. The SMILES string of the molecule is ClCC=CCOc1ccccc1-c1ccccc1. The molecule has 0 aromatic heterocycles. The van der Waals surface area contributed by atoms with E-state index in [1.54, 1.807) is 0 Å². The average molecular weight is 259 g/mol. The van der Waals surface area contributed by atoms with Gasteiger partial charge in [0.1, 0.15) is 12.4 Å². The highest BCUT2D eigenvalue weighted by Gasteiger charge is 2.03. The highest BCUT2D eigenvalue weighted by molar-refractivity contribution is 6.18. The average Bonchev–Trinajstić information content (AvgIpc) is 2.45. The summed E-state index contributed by atoms with van der Waals surface area (Å²) in [6, 6.07) is 18.3. The second-order valence-electron chi connectivity index (χ2n) is 3.80. The number of rotatable bonds is 5. The normalized spacial score (nSPS) is 10.7. The molecule has 0 spiro atoms. The Kier molecular flexibility index (Phi) is 4.86. The zero-order valence-electron chi connectivity index (χ0n) is 10.1. The van der Waals surface area contributed by atoms with Crippen molar-refractivity contribution in [3.8, 4) is 16.9 Å². The summed E-state index contributed by atoms with van der Waals surface area (Å²) < 4.78 is 5.75. The zero-order chi connectivity index (χ0) is 12.6. The number of allylic oxidation sites excluding steroid dienone is 1. The molecule has 0 bridgehead atoms. The minimum atomic E-state index is 0.518. The lowest BCUT2D eigenvalue weighted by Crippen LogP contribution is -1.95. The predicted molar refractivity (Wildman–Crippen MR) is 77.2 cm³/mol. The van der Waals surface area contributed by atoms with Crippen molar-refractivity contribution in [3.63, 3.8) is 0 Å². The Hall–Kier alpha value is -1.73. The van der Waals surface area contributed by atoms with Gasteiger partial charge in [-0.1, -0.05) is 60.7 Å². The zero-order valence-corrected chi connectivity index (χ0v) is 10.8. The number of ether oxygens (including phenoxy) is 1. The van der Waals surface area contributed by atoms with Crippen molar-refractivity contribution in [1.82, 2.24) is 0 Å². The molecule has 2 rings (SSSR count). The van der Waals surface area contributed by atoms with Gasteiger partial charge in [0.25, 0.3) is 0 Å². The van der Waals surface area contributed by atoms with Crippen LogP contribution in [0.4, 0.5) is 0 Å². The monoisotopic (exact) mass is 258 g/mol. The molecule has 0 fully saturated rings. The summed E-state index contributed by atoms with van der Waals surface area (Å²) in [5.74, 6) is 1.41. The van der Waals surface area contributed by atoms with Gasteiger partial charge in [-0.25, -0.2) is 0 Å². The number of halogens is 1. The predicted octanol–water partition coefficient (Wildman–Crippen LogP) is 4.53. The van der Waals surface area contributed by atoms with E-state index in [-0.39, 0.29) is 0 Å². The molecule has 0 aliphatic rings. The van der Waals surface area contributed by atoms with Crippen molar-refractivity contribution in [2.75, 3.05) is 12.5 Å². The maximum atomic E-state index is 5.75. The first-order valence-corrected chi connectivity index (χ1v) is 6.43. The van der Waals surface area contributed by atoms with E-state index in [9.17, 15) is 0 Å². The molecule has 92 valence electrons. The molecule has 0 atom stereocenters. The molecule has 2 aromatic carbocycles. The Morgan fingerprint density at radius 1 is 0.889 bits per heavy atom. The van der Waals surface area contributed by atoms with E-state index >= 15 is 0 Å². The molecule has 1 nitrogen and oxygen atoms in total. The van der Waals surface area contributed by atoms with Gasteiger partial charge in [0, 0.05) is 11.4 Å². The number of benzene rings is 2. The lowest BCUT2D eigenvalue weighted by molar-refractivity contribution is 0.364. The summed E-state index contributed by atoms with van der Waals surface area (Å²) in [5, 5.41) is 0. The van der Waals surface area contributed by atoms with Crippen LogP contribution in [0.1, 0.15) is 0 Å². The van der Waals surface area contributed by atoms with Gasteiger partial charge < -0.3 is 4.74 Å². The van der Waals surface area contributed by atoms with Gasteiger partial charge in [0.15, 0.2) is 0 Å². The van der Waals surface area contributed by atoms with E-state index in [1.165, 1.54) is 0 Å². The van der Waals surface area contributed by atoms with E-state index in [0.29, 0.717) is 12.5 Å². The van der Waals surface area contributed by atoms with Gasteiger partial charge in [-0.15, -0.1) is 11.6 Å². The van der Waals surface area contributed by atoms with Crippen LogP contribution < -0.4 is 4.74 Å². The third kappa shape index (κ3) is 3.38. The molecular weight excluding hydrogens is 244 g/mol. The molecule has 0 saturated carbocycles. The van der Waals surface area contributed by atoms with Crippen molar-refractivity contribution in [1.29, 1.82) is 0 Å². The topological polar surface area (TPSA) is 9.23 Å². The first-order chi connectivity index (χ1) is 8.92. The molecule has 0 amide bonds. The lowest BCUT2D eigenvalue weighted by Gasteiger charge is -2.10. The summed E-state index contributed by atoms with van der Waals surface area (Å²) >= 11 is 5.57. The van der Waals surface area contributed by atoms with Crippen molar-refractivity contribution in [2.24, 2.45) is 0 Å². The lowest BCUT2D eigenvalue weighted by atomic mass is 10.1. The Bertz CT molecular complexity index is 506. The molecule has 0 saturated heterocycles. The maximum absolute atomic E-state index is 5.75. The second-order valence-corrected chi connectivity index (χ2v) is 4.11. The third-order valence-electron chi connectivity index (χ3n) is 2.56. The summed E-state index contributed by atoms with van der Waals surface area (Å²) in [4.78, 5) is 0. The maximum Gasteiger partial charge on any atom is 0.127 e. The van der Waals surface area contributed by atoms with E-state index in [0.717, 1.165) is 16.9 Å². The van der Waals surface area contributed by atoms with Crippen LogP contribution in [0.3, 0.4) is 0 Å². The number of para-hydroxylation sites is 1. The minimum absolute atomic E-state index is 0.518. The van der Waals surface area contributed by atoms with Crippen molar-refractivity contribution < 1.29 is 4.74 Å². The van der Waals surface area contributed by atoms with E-state index in [2.05, 4.69) is 18.2 Å². The first kappa shape index (κ1) is 12.7. The molecule has 0 heterocycles. The van der Waals surface area contributed by atoms with Crippen LogP contribution in [0.15, 0.2) is 66.7 Å². The van der Waals surface area contributed by atoms with Crippen LogP contribution in [-0.2, 0) is 0 Å². The first-order valence-electron chi connectivity index (χ1n) is 5.90. The summed E-state index contributed by atoms with van der Waals surface area (Å²) in [7, 11) is 0. The van der Waals surface area contributed by atoms with Gasteiger partial charge >= 0.3 is 0 Å². The molecule has 0 N–H and O–H groups in total. The number of alkyl halides is 1. The fourth-order valence-corrected chi connectivity index (χ4v) is 1.84. The quantitative estimate of drug-likeness (QED) is 0.566. The fraction of sp³-hybridized carbons (Fsp3) is 0.125. The van der Waals surface area contributed by atoms with Crippen molar-refractivity contribution >= 4 is 11.6 Å². The van der Waals surface area contributed by atoms with Gasteiger partial charge in [-0.05, 0) is 11.6 Å². The number of hydrogen-bond donors (Lipinski definition) is 0. The Morgan fingerprint density at radius 2 is 1.61 bits per heavy atom. The van der Waals surface area contributed by atoms with Crippen LogP contribution >= 0.6 is 11.6 Å². The molecule has 18 heavy (non-hydrogen) atoms. The molecular formula is C16H15ClO. The Labute approximate surface area is 113 Å². The van der Waals surface area contributed by atoms with E-state index < -0.39 is 0 Å². The number of hydrogen-bond acceptors (Lipinski definition) is 1. The van der Waals surface area contributed by atoms with Crippen LogP contribution in [0, 0.1) is 0 Å². The van der Waals surface area contributed by atoms with Crippen LogP contribution in [-0.4, -0.2) is 12.5 Å². The molecule has 2 aromatic rings. The Morgan fingerprint density at radius 3 is 2.39 bits per heavy atom. The standard InChI is InChI=1S/C16H15ClO/c17-12-6-7-13-18-16-11-5-4-10-15(16)14-8-2-1-3-9-14/h1-11H,12-13H2. The highest BCUT2D eigenvalue weighted by atomic mass is 35.5. The third-order valence-corrected chi connectivity index (χ3v) is 2.74. The minimum Gasteiger partial charge on any atom is -0.489 e. The summed E-state index contributed by atoms with van der Waals surface area (Å²) in [5.41, 5.74) is 2.27. The highest BCUT2D eigenvalue weighted by Crippen LogP contribution is 2.29. The van der Waals surface area contributed by atoms with Gasteiger partial charge in [-0.2, -0.15) is 0 Å². The molecule has 0 unspecified atom stereocenters. The molecule has 2 heteroatoms. The fourth-order valence-electron chi connectivity index (χ4n) is 1.72. The van der Waals surface area contributed by atoms with Crippen molar-refractivity contribution in [3.05, 3.63) is 66.7 Å². The van der Waals surface area contributed by atoms with Crippen LogP contribution in [0.2, 0.25) is 0 Å². The van der Waals surface area contributed by atoms with Gasteiger partial charge in [-0.3, -0.25) is 0 Å². The second kappa shape index (κ2) is 6.87. The van der Waals surface area contributed by atoms with Gasteiger partial charge in [0.2, 0.25) is 0 Å². The summed E-state index contributed by atoms with van der Waals surface area (Å²) in [6.45, 7) is 0.538. The van der Waals surface area contributed by atoms with E-state index in [1.807, 2.05) is 48.6 Å². The molecule has 0 radical (unpaired) electrons. The summed E-state index contributed by atoms with van der Waals surface area (Å²) in [6.07, 6.45) is 3.81. The molecule has 0 aliphatic carbocycles. The smallest absolute Gasteiger partial charge is 0.127 e.